The highest BCUT2D eigenvalue weighted by atomic mass is 19.1. The Hall–Kier alpha value is -2.04. The Kier molecular flexibility index (Phi) is 2.52. The van der Waals surface area contributed by atoms with Crippen molar-refractivity contribution < 1.29 is 8.78 Å². The molecule has 0 radical (unpaired) electrons. The van der Waals surface area contributed by atoms with Crippen molar-refractivity contribution in [2.45, 2.75) is 6.92 Å². The van der Waals surface area contributed by atoms with Crippen LogP contribution in [0.2, 0.25) is 0 Å². The first-order valence-corrected chi connectivity index (χ1v) is 4.60. The van der Waals surface area contributed by atoms with E-state index in [9.17, 15) is 13.6 Å². The molecule has 0 aliphatic carbocycles. The zero-order valence-electron chi connectivity index (χ0n) is 8.42. The molecule has 0 aliphatic heterocycles. The molecule has 0 aliphatic rings. The highest BCUT2D eigenvalue weighted by Gasteiger charge is 2.08. The Morgan fingerprint density at radius 3 is 2.69 bits per heavy atom. The minimum atomic E-state index is -0.917. The molecule has 0 bridgehead atoms. The van der Waals surface area contributed by atoms with Crippen LogP contribution in [0, 0.1) is 18.6 Å². The number of aryl methyl sites for hydroxylation is 1. The molecular formula is C11H8F2N2O. The predicted molar refractivity (Wildman–Crippen MR) is 54.9 cm³/mol. The molecule has 1 heterocycles. The highest BCUT2D eigenvalue weighted by Crippen LogP contribution is 2.15. The Labute approximate surface area is 89.8 Å². The number of nitrogens with one attached hydrogen (secondary N) is 1. The van der Waals surface area contributed by atoms with E-state index in [0.29, 0.717) is 5.56 Å². The van der Waals surface area contributed by atoms with E-state index in [-0.39, 0.29) is 11.5 Å². The Morgan fingerprint density at radius 2 is 2.06 bits per heavy atom. The first-order chi connectivity index (χ1) is 7.58. The molecule has 0 fully saturated rings. The molecule has 1 aromatic carbocycles. The number of H-pyrrole nitrogens is 1. The third-order valence-corrected chi connectivity index (χ3v) is 2.13. The van der Waals surface area contributed by atoms with Gasteiger partial charge in [-0.25, -0.2) is 9.37 Å². The lowest BCUT2D eigenvalue weighted by molar-refractivity contribution is 0.589. The van der Waals surface area contributed by atoms with Crippen LogP contribution in [0.3, 0.4) is 0 Å². The fourth-order valence-corrected chi connectivity index (χ4v) is 1.34. The average molecular weight is 222 g/mol. The Balaban J connectivity index is 2.61. The van der Waals surface area contributed by atoms with E-state index in [2.05, 4.69) is 9.97 Å². The lowest BCUT2D eigenvalue weighted by atomic mass is 10.2. The number of benzene rings is 1. The van der Waals surface area contributed by atoms with Crippen LogP contribution in [0.1, 0.15) is 5.69 Å². The van der Waals surface area contributed by atoms with E-state index in [1.165, 1.54) is 25.1 Å². The van der Waals surface area contributed by atoms with Crippen molar-refractivity contribution in [2.75, 3.05) is 0 Å². The summed E-state index contributed by atoms with van der Waals surface area (Å²) in [5.74, 6) is -1.20. The molecule has 82 valence electrons. The van der Waals surface area contributed by atoms with Gasteiger partial charge in [-0.3, -0.25) is 4.79 Å². The molecule has 1 aromatic heterocycles. The predicted octanol–water partition coefficient (Wildman–Crippen LogP) is 2.02. The molecule has 5 heteroatoms. The molecule has 0 amide bonds. The number of halogens is 2. The zero-order chi connectivity index (χ0) is 11.7. The lowest BCUT2D eigenvalue weighted by Gasteiger charge is -2.02. The summed E-state index contributed by atoms with van der Waals surface area (Å²) >= 11 is 0. The van der Waals surface area contributed by atoms with Crippen LogP contribution in [-0.4, -0.2) is 9.97 Å². The first-order valence-electron chi connectivity index (χ1n) is 4.60. The summed E-state index contributed by atoms with van der Waals surface area (Å²) in [6, 6.07) is 5.57. The molecule has 2 aromatic rings. The van der Waals surface area contributed by atoms with Crippen molar-refractivity contribution in [2.24, 2.45) is 0 Å². The third kappa shape index (κ3) is 1.84. The smallest absolute Gasteiger partial charge is 0.287 e. The summed E-state index contributed by atoms with van der Waals surface area (Å²) in [6.07, 6.45) is 0. The molecular weight excluding hydrogens is 214 g/mol. The molecule has 0 saturated heterocycles. The third-order valence-electron chi connectivity index (χ3n) is 2.13. The first kappa shape index (κ1) is 10.5. The van der Waals surface area contributed by atoms with Crippen LogP contribution in [0.15, 0.2) is 29.1 Å². The molecule has 16 heavy (non-hydrogen) atoms. The summed E-state index contributed by atoms with van der Waals surface area (Å²) in [7, 11) is 0. The zero-order valence-corrected chi connectivity index (χ0v) is 8.42. The van der Waals surface area contributed by atoms with Gasteiger partial charge in [-0.15, -0.1) is 0 Å². The summed E-state index contributed by atoms with van der Waals surface area (Å²) < 4.78 is 26.0. The van der Waals surface area contributed by atoms with Crippen LogP contribution in [-0.2, 0) is 0 Å². The summed E-state index contributed by atoms with van der Waals surface area (Å²) in [5, 5.41) is 0. The Bertz CT molecular complexity index is 593. The van der Waals surface area contributed by atoms with Crippen LogP contribution >= 0.6 is 0 Å². The molecule has 3 nitrogen and oxygen atoms in total. The van der Waals surface area contributed by atoms with Crippen LogP contribution in [0.5, 0.6) is 0 Å². The van der Waals surface area contributed by atoms with Crippen LogP contribution in [0.25, 0.3) is 11.4 Å². The van der Waals surface area contributed by atoms with Crippen molar-refractivity contribution >= 4 is 0 Å². The van der Waals surface area contributed by atoms with Gasteiger partial charge in [0.1, 0.15) is 11.6 Å². The van der Waals surface area contributed by atoms with Crippen molar-refractivity contribution in [3.05, 3.63) is 51.9 Å². The second-order valence-corrected chi connectivity index (χ2v) is 3.32. The quantitative estimate of drug-likeness (QED) is 0.802. The largest absolute Gasteiger partial charge is 0.304 e. The van der Waals surface area contributed by atoms with Crippen LogP contribution in [0.4, 0.5) is 8.78 Å². The van der Waals surface area contributed by atoms with Gasteiger partial charge in [-0.05, 0) is 19.1 Å². The molecule has 0 unspecified atom stereocenters. The highest BCUT2D eigenvalue weighted by molar-refractivity contribution is 5.54. The van der Waals surface area contributed by atoms with Gasteiger partial charge < -0.3 is 4.98 Å². The number of nitrogens with zero attached hydrogens (tertiary/aromatic N) is 1. The number of aromatic amines is 1. The SMILES string of the molecule is Cc1nc(-c2cccc(F)c2)[nH]c(=O)c1F. The van der Waals surface area contributed by atoms with Gasteiger partial charge in [0.15, 0.2) is 0 Å². The minimum absolute atomic E-state index is 0.0111. The summed E-state index contributed by atoms with van der Waals surface area (Å²) in [6.45, 7) is 1.38. The van der Waals surface area contributed by atoms with Gasteiger partial charge in [0.25, 0.3) is 5.56 Å². The topological polar surface area (TPSA) is 45.8 Å². The van der Waals surface area contributed by atoms with Gasteiger partial charge in [-0.1, -0.05) is 12.1 Å². The lowest BCUT2D eigenvalue weighted by Crippen LogP contribution is -2.15. The van der Waals surface area contributed by atoms with Crippen LogP contribution < -0.4 is 5.56 Å². The van der Waals surface area contributed by atoms with E-state index >= 15 is 0 Å². The van der Waals surface area contributed by atoms with Gasteiger partial charge in [0.05, 0.1) is 5.69 Å². The fraction of sp³-hybridized carbons (Fsp3) is 0.0909. The van der Waals surface area contributed by atoms with Gasteiger partial charge in [0, 0.05) is 5.56 Å². The van der Waals surface area contributed by atoms with Crippen molar-refractivity contribution in [1.29, 1.82) is 0 Å². The maximum atomic E-state index is 13.0. The standard InChI is InChI=1S/C11H8F2N2O/c1-6-9(13)11(16)15-10(14-6)7-3-2-4-8(12)5-7/h2-5H,1H3,(H,14,15,16). The second kappa shape index (κ2) is 3.84. The van der Waals surface area contributed by atoms with E-state index in [1.54, 1.807) is 6.07 Å². The molecule has 2 rings (SSSR count). The molecule has 0 spiro atoms. The minimum Gasteiger partial charge on any atom is -0.304 e. The summed E-state index contributed by atoms with van der Waals surface area (Å²) in [4.78, 5) is 17.3. The molecule has 1 N–H and O–H groups in total. The van der Waals surface area contributed by atoms with Crippen molar-refractivity contribution in [3.8, 4) is 11.4 Å². The number of rotatable bonds is 1. The normalized spacial score (nSPS) is 10.4. The second-order valence-electron chi connectivity index (χ2n) is 3.32. The van der Waals surface area contributed by atoms with Gasteiger partial charge in [0.2, 0.25) is 5.82 Å². The number of hydrogen-bond acceptors (Lipinski definition) is 2. The number of hydrogen-bond donors (Lipinski definition) is 1. The Morgan fingerprint density at radius 1 is 1.31 bits per heavy atom. The molecule has 0 saturated carbocycles. The van der Waals surface area contributed by atoms with E-state index < -0.39 is 17.2 Å². The maximum Gasteiger partial charge on any atom is 0.287 e. The van der Waals surface area contributed by atoms with E-state index in [4.69, 9.17) is 0 Å². The maximum absolute atomic E-state index is 13.0. The van der Waals surface area contributed by atoms with Crippen molar-refractivity contribution in [1.82, 2.24) is 9.97 Å². The van der Waals surface area contributed by atoms with E-state index in [0.717, 1.165) is 0 Å². The van der Waals surface area contributed by atoms with E-state index in [1.807, 2.05) is 0 Å². The monoisotopic (exact) mass is 222 g/mol. The average Bonchev–Trinajstić information content (AvgIpc) is 2.25. The van der Waals surface area contributed by atoms with Gasteiger partial charge in [-0.2, -0.15) is 4.39 Å². The van der Waals surface area contributed by atoms with Gasteiger partial charge >= 0.3 is 0 Å². The van der Waals surface area contributed by atoms with Crippen molar-refractivity contribution in [3.63, 3.8) is 0 Å². The fourth-order valence-electron chi connectivity index (χ4n) is 1.34. The molecule has 0 atom stereocenters. The number of aromatic nitrogens is 2. The summed E-state index contributed by atoms with van der Waals surface area (Å²) in [5.41, 5.74) is -0.463.